The molecule has 0 fully saturated rings. The zero-order chi connectivity index (χ0) is 13.0. The number of allylic oxidation sites excluding steroid dienone is 4. The summed E-state index contributed by atoms with van der Waals surface area (Å²) in [6, 6.07) is 6.66. The molecule has 0 aromatic heterocycles. The Morgan fingerprint density at radius 2 is 1.72 bits per heavy atom. The minimum atomic E-state index is -3.62. The third-order valence-corrected chi connectivity index (χ3v) is 4.15. The average Bonchev–Trinajstić information content (AvgIpc) is 2.82. The van der Waals surface area contributed by atoms with Gasteiger partial charge in [-0.3, -0.25) is 4.18 Å². The van der Waals surface area contributed by atoms with Crippen LogP contribution in [0.2, 0.25) is 0 Å². The van der Waals surface area contributed by atoms with E-state index in [1.165, 1.54) is 0 Å². The number of benzene rings is 1. The molecule has 0 unspecified atom stereocenters. The van der Waals surface area contributed by atoms with Gasteiger partial charge in [0.25, 0.3) is 10.1 Å². The van der Waals surface area contributed by atoms with Crippen LogP contribution in [0.15, 0.2) is 53.5 Å². The molecule has 0 amide bonds. The molecule has 96 valence electrons. The van der Waals surface area contributed by atoms with Gasteiger partial charge in [-0.2, -0.15) is 8.42 Å². The minimum absolute atomic E-state index is 0.204. The molecular formula is C14H16O3S. The molecule has 0 N–H and O–H groups in total. The standard InChI is InChI=1S/C14H16O3S/c1-12-6-8-14(9-7-12)18(15,16)17-11-10-13-4-2-3-5-13/h2-9,13H,10-11H2,1H3. The predicted octanol–water partition coefficient (Wildman–Crippen LogP) is 2.83. The van der Waals surface area contributed by atoms with Crippen molar-refractivity contribution in [1.82, 2.24) is 0 Å². The normalized spacial score (nSPS) is 15.4. The van der Waals surface area contributed by atoms with Crippen molar-refractivity contribution in [2.75, 3.05) is 6.61 Å². The first-order chi connectivity index (χ1) is 8.58. The Bertz CT molecular complexity index is 541. The third-order valence-electron chi connectivity index (χ3n) is 2.83. The van der Waals surface area contributed by atoms with E-state index in [0.29, 0.717) is 12.3 Å². The Hall–Kier alpha value is -1.39. The van der Waals surface area contributed by atoms with Gasteiger partial charge in [-0.15, -0.1) is 0 Å². The maximum Gasteiger partial charge on any atom is 0.296 e. The van der Waals surface area contributed by atoms with Crippen molar-refractivity contribution >= 4 is 10.1 Å². The van der Waals surface area contributed by atoms with E-state index >= 15 is 0 Å². The number of hydrogen-bond acceptors (Lipinski definition) is 3. The van der Waals surface area contributed by atoms with Gasteiger partial charge in [-0.05, 0) is 31.4 Å². The molecule has 1 aliphatic carbocycles. The van der Waals surface area contributed by atoms with E-state index in [4.69, 9.17) is 4.18 Å². The van der Waals surface area contributed by atoms with Gasteiger partial charge in [0.15, 0.2) is 0 Å². The first-order valence-corrected chi connectivity index (χ1v) is 7.30. The summed E-state index contributed by atoms with van der Waals surface area (Å²) in [5.41, 5.74) is 1.02. The van der Waals surface area contributed by atoms with Crippen LogP contribution in [0.25, 0.3) is 0 Å². The van der Waals surface area contributed by atoms with Gasteiger partial charge in [0.05, 0.1) is 11.5 Å². The van der Waals surface area contributed by atoms with Crippen LogP contribution in [0.3, 0.4) is 0 Å². The molecule has 2 rings (SSSR count). The Morgan fingerprint density at radius 1 is 1.11 bits per heavy atom. The molecule has 0 aliphatic heterocycles. The van der Waals surface area contributed by atoms with Crippen LogP contribution in [0, 0.1) is 12.8 Å². The summed E-state index contributed by atoms with van der Waals surface area (Å²) in [6.07, 6.45) is 8.65. The lowest BCUT2D eigenvalue weighted by atomic mass is 10.1. The highest BCUT2D eigenvalue weighted by atomic mass is 32.2. The molecule has 0 saturated carbocycles. The first kappa shape index (κ1) is 13.1. The summed E-state index contributed by atoms with van der Waals surface area (Å²) in [5, 5.41) is 0. The first-order valence-electron chi connectivity index (χ1n) is 5.89. The van der Waals surface area contributed by atoms with Gasteiger partial charge >= 0.3 is 0 Å². The molecular weight excluding hydrogens is 248 g/mol. The van der Waals surface area contributed by atoms with Gasteiger partial charge in [0.2, 0.25) is 0 Å². The molecule has 3 nitrogen and oxygen atoms in total. The van der Waals surface area contributed by atoms with Crippen LogP contribution in [-0.2, 0) is 14.3 Å². The van der Waals surface area contributed by atoms with Crippen LogP contribution in [-0.4, -0.2) is 15.0 Å². The van der Waals surface area contributed by atoms with Gasteiger partial charge < -0.3 is 0 Å². The minimum Gasteiger partial charge on any atom is -0.266 e. The molecule has 0 saturated heterocycles. The van der Waals surface area contributed by atoms with Crippen molar-refractivity contribution < 1.29 is 12.6 Å². The maximum atomic E-state index is 11.9. The van der Waals surface area contributed by atoms with E-state index in [9.17, 15) is 8.42 Å². The van der Waals surface area contributed by atoms with E-state index in [1.807, 2.05) is 31.2 Å². The summed E-state index contributed by atoms with van der Waals surface area (Å²) in [5.74, 6) is 0.290. The smallest absolute Gasteiger partial charge is 0.266 e. The van der Waals surface area contributed by atoms with Crippen molar-refractivity contribution in [2.24, 2.45) is 5.92 Å². The summed E-state index contributed by atoms with van der Waals surface area (Å²) < 4.78 is 28.7. The fourth-order valence-corrected chi connectivity index (χ4v) is 2.66. The zero-order valence-corrected chi connectivity index (χ0v) is 11.1. The Balaban J connectivity index is 1.93. The van der Waals surface area contributed by atoms with E-state index < -0.39 is 10.1 Å². The highest BCUT2D eigenvalue weighted by molar-refractivity contribution is 7.86. The molecule has 18 heavy (non-hydrogen) atoms. The Kier molecular flexibility index (Phi) is 3.99. The van der Waals surface area contributed by atoms with Crippen molar-refractivity contribution in [2.45, 2.75) is 18.2 Å². The molecule has 1 aromatic carbocycles. The monoisotopic (exact) mass is 264 g/mol. The van der Waals surface area contributed by atoms with E-state index in [2.05, 4.69) is 0 Å². The van der Waals surface area contributed by atoms with Crippen LogP contribution >= 0.6 is 0 Å². The maximum absolute atomic E-state index is 11.9. The number of hydrogen-bond donors (Lipinski definition) is 0. The third kappa shape index (κ3) is 3.31. The fraction of sp³-hybridized carbons (Fsp3) is 0.286. The lowest BCUT2D eigenvalue weighted by molar-refractivity contribution is 0.304. The second-order valence-electron chi connectivity index (χ2n) is 4.31. The predicted molar refractivity (Wildman–Crippen MR) is 70.7 cm³/mol. The van der Waals surface area contributed by atoms with Gasteiger partial charge in [0, 0.05) is 0 Å². The molecule has 1 aromatic rings. The zero-order valence-electron chi connectivity index (χ0n) is 10.2. The van der Waals surface area contributed by atoms with E-state index in [0.717, 1.165) is 5.56 Å². The fourth-order valence-electron chi connectivity index (χ4n) is 1.74. The Labute approximate surface area is 108 Å². The molecule has 0 atom stereocenters. The second-order valence-corrected chi connectivity index (χ2v) is 5.93. The van der Waals surface area contributed by atoms with Crippen molar-refractivity contribution in [3.8, 4) is 0 Å². The van der Waals surface area contributed by atoms with E-state index in [-0.39, 0.29) is 11.5 Å². The van der Waals surface area contributed by atoms with Crippen LogP contribution in [0.1, 0.15) is 12.0 Å². The molecule has 1 aliphatic rings. The topological polar surface area (TPSA) is 43.4 Å². The quantitative estimate of drug-likeness (QED) is 0.768. The lowest BCUT2D eigenvalue weighted by Crippen LogP contribution is -2.09. The lowest BCUT2D eigenvalue weighted by Gasteiger charge is -2.07. The Morgan fingerprint density at radius 3 is 2.33 bits per heavy atom. The molecule has 4 heteroatoms. The van der Waals surface area contributed by atoms with Gasteiger partial charge in [-0.25, -0.2) is 0 Å². The number of rotatable bonds is 5. The molecule has 0 spiro atoms. The van der Waals surface area contributed by atoms with Crippen molar-refractivity contribution in [1.29, 1.82) is 0 Å². The van der Waals surface area contributed by atoms with Gasteiger partial charge in [-0.1, -0.05) is 42.0 Å². The summed E-state index contributed by atoms with van der Waals surface area (Å²) in [6.45, 7) is 2.12. The highest BCUT2D eigenvalue weighted by Crippen LogP contribution is 2.17. The van der Waals surface area contributed by atoms with E-state index in [1.54, 1.807) is 24.3 Å². The van der Waals surface area contributed by atoms with Gasteiger partial charge in [0.1, 0.15) is 0 Å². The van der Waals surface area contributed by atoms with Crippen molar-refractivity contribution in [3.05, 3.63) is 54.1 Å². The SMILES string of the molecule is Cc1ccc(S(=O)(=O)OCCC2C=CC=C2)cc1. The number of aryl methyl sites for hydroxylation is 1. The molecule has 0 heterocycles. The highest BCUT2D eigenvalue weighted by Gasteiger charge is 2.15. The largest absolute Gasteiger partial charge is 0.296 e. The van der Waals surface area contributed by atoms with Crippen LogP contribution in [0.5, 0.6) is 0 Å². The summed E-state index contributed by atoms with van der Waals surface area (Å²) >= 11 is 0. The summed E-state index contributed by atoms with van der Waals surface area (Å²) in [7, 11) is -3.62. The molecule has 0 bridgehead atoms. The van der Waals surface area contributed by atoms with Crippen LogP contribution < -0.4 is 0 Å². The molecule has 0 radical (unpaired) electrons. The average molecular weight is 264 g/mol. The van der Waals surface area contributed by atoms with Crippen molar-refractivity contribution in [3.63, 3.8) is 0 Å². The summed E-state index contributed by atoms with van der Waals surface area (Å²) in [4.78, 5) is 0.214. The second kappa shape index (κ2) is 5.50. The van der Waals surface area contributed by atoms with Crippen LogP contribution in [0.4, 0.5) is 0 Å².